The van der Waals surface area contributed by atoms with E-state index in [0.717, 1.165) is 32.5 Å². The second kappa shape index (κ2) is 4.64. The largest absolute Gasteiger partial charge is 0.279 e. The zero-order valence-corrected chi connectivity index (χ0v) is 12.2. The summed E-state index contributed by atoms with van der Waals surface area (Å²) in [6.45, 7) is 0. The van der Waals surface area contributed by atoms with Gasteiger partial charge in [0.15, 0.2) is 0 Å². The molecule has 3 rings (SSSR count). The van der Waals surface area contributed by atoms with Gasteiger partial charge in [0, 0.05) is 5.03 Å². The quantitative estimate of drug-likeness (QED) is 0.740. The summed E-state index contributed by atoms with van der Waals surface area (Å²) in [6, 6.07) is 0. The zero-order chi connectivity index (χ0) is 12.7. The van der Waals surface area contributed by atoms with Crippen molar-refractivity contribution in [1.82, 2.24) is 4.90 Å². The third kappa shape index (κ3) is 1.96. The average Bonchev–Trinajstić information content (AvgIpc) is 2.37. The van der Waals surface area contributed by atoms with Gasteiger partial charge in [-0.15, -0.1) is 23.5 Å². The first-order chi connectivity index (χ1) is 8.71. The Kier molecular flexibility index (Phi) is 3.13. The number of allylic oxidation sites excluding steroid dienone is 4. The molecule has 0 unspecified atom stereocenters. The molecule has 0 aromatic carbocycles. The Morgan fingerprint density at radius 1 is 1.00 bits per heavy atom. The smallest absolute Gasteiger partial charge is 0.236 e. The molecule has 6 heteroatoms. The van der Waals surface area contributed by atoms with Gasteiger partial charge in [-0.2, -0.15) is 0 Å². The van der Waals surface area contributed by atoms with E-state index in [1.807, 2.05) is 41.7 Å². The lowest BCUT2D eigenvalue weighted by molar-refractivity contribution is 0.644. The summed E-state index contributed by atoms with van der Waals surface area (Å²) in [5, 5.41) is 2.63. The minimum atomic E-state index is 0.718. The molecular formula is C12H10ClN3S2. The average molecular weight is 296 g/mol. The van der Waals surface area contributed by atoms with Gasteiger partial charge in [0.2, 0.25) is 5.96 Å². The van der Waals surface area contributed by atoms with Crippen LogP contribution >= 0.6 is 35.1 Å². The molecule has 0 radical (unpaired) electrons. The topological polar surface area (TPSA) is 28.0 Å². The highest BCUT2D eigenvalue weighted by molar-refractivity contribution is 8.13. The maximum atomic E-state index is 6.16. The van der Waals surface area contributed by atoms with Gasteiger partial charge in [-0.3, -0.25) is 4.90 Å². The van der Waals surface area contributed by atoms with E-state index in [1.165, 1.54) is 0 Å². The lowest BCUT2D eigenvalue weighted by atomic mass is 10.1. The third-order valence-electron chi connectivity index (χ3n) is 2.67. The summed E-state index contributed by atoms with van der Waals surface area (Å²) < 4.78 is 0. The van der Waals surface area contributed by atoms with Gasteiger partial charge in [-0.1, -0.05) is 11.6 Å². The number of aliphatic imine (C=N–C) groups is 2. The van der Waals surface area contributed by atoms with Gasteiger partial charge in [-0.25, -0.2) is 9.98 Å². The van der Waals surface area contributed by atoms with Crippen molar-refractivity contribution < 1.29 is 0 Å². The van der Waals surface area contributed by atoms with Crippen LogP contribution in [0.3, 0.4) is 0 Å². The Balaban J connectivity index is 2.17. The Hall–Kier alpha value is -0.910. The van der Waals surface area contributed by atoms with Gasteiger partial charge in [0.1, 0.15) is 10.1 Å². The summed E-state index contributed by atoms with van der Waals surface area (Å²) in [5.74, 6) is 0.718. The van der Waals surface area contributed by atoms with Crippen molar-refractivity contribution in [3.05, 3.63) is 45.8 Å². The zero-order valence-electron chi connectivity index (χ0n) is 9.85. The molecule has 0 N–H and O–H groups in total. The van der Waals surface area contributed by atoms with E-state index in [-0.39, 0.29) is 0 Å². The van der Waals surface area contributed by atoms with Crippen molar-refractivity contribution in [1.29, 1.82) is 0 Å². The predicted octanol–water partition coefficient (Wildman–Crippen LogP) is 3.54. The second-order valence-electron chi connectivity index (χ2n) is 3.76. The summed E-state index contributed by atoms with van der Waals surface area (Å²) >= 11 is 9.37. The molecule has 0 fully saturated rings. The summed E-state index contributed by atoms with van der Waals surface area (Å²) in [7, 11) is 0. The Bertz CT molecular complexity index is 592. The number of nitrogens with zero attached hydrogens (tertiary/aromatic N) is 3. The molecule has 3 nitrogen and oxygen atoms in total. The van der Waals surface area contributed by atoms with Crippen LogP contribution in [0.1, 0.15) is 0 Å². The minimum absolute atomic E-state index is 0.718. The van der Waals surface area contributed by atoms with Gasteiger partial charge in [0.05, 0.1) is 11.4 Å². The highest BCUT2D eigenvalue weighted by Crippen LogP contribution is 2.35. The Morgan fingerprint density at radius 2 is 1.78 bits per heavy atom. The van der Waals surface area contributed by atoms with Crippen LogP contribution in [0, 0.1) is 0 Å². The van der Waals surface area contributed by atoms with E-state index in [4.69, 9.17) is 11.6 Å². The van der Waals surface area contributed by atoms with Crippen LogP contribution < -0.4 is 0 Å². The molecule has 0 saturated heterocycles. The lowest BCUT2D eigenvalue weighted by Gasteiger charge is -2.33. The summed E-state index contributed by atoms with van der Waals surface area (Å²) in [5.41, 5.74) is 2.04. The van der Waals surface area contributed by atoms with Gasteiger partial charge in [0.25, 0.3) is 0 Å². The van der Waals surface area contributed by atoms with E-state index in [9.17, 15) is 0 Å². The number of hydrogen-bond donors (Lipinski definition) is 0. The highest BCUT2D eigenvalue weighted by Gasteiger charge is 2.28. The van der Waals surface area contributed by atoms with E-state index in [2.05, 4.69) is 9.98 Å². The fourth-order valence-electron chi connectivity index (χ4n) is 1.89. The number of guanidine groups is 1. The monoisotopic (exact) mass is 295 g/mol. The first-order valence-corrected chi connectivity index (χ1v) is 8.12. The third-order valence-corrected chi connectivity index (χ3v) is 4.14. The standard InChI is InChI=1S/C12H10ClN3S2/c1-17-10-5-8-3-7(13)4-9-6-11(18-2)15-12(14-10)16(8)9/h3-6H,1-2H3. The first kappa shape index (κ1) is 12.1. The number of thioether (sulfide) groups is 2. The van der Waals surface area contributed by atoms with Crippen LogP contribution in [0.25, 0.3) is 0 Å². The van der Waals surface area contributed by atoms with Crippen LogP contribution in [0.5, 0.6) is 0 Å². The van der Waals surface area contributed by atoms with Crippen LogP contribution in [-0.4, -0.2) is 28.4 Å². The van der Waals surface area contributed by atoms with E-state index in [1.54, 1.807) is 23.5 Å². The van der Waals surface area contributed by atoms with Crippen molar-refractivity contribution >= 4 is 46.1 Å². The summed E-state index contributed by atoms with van der Waals surface area (Å²) in [4.78, 5) is 11.1. The van der Waals surface area contributed by atoms with Gasteiger partial charge >= 0.3 is 0 Å². The molecule has 0 aromatic heterocycles. The Labute approximate surface area is 119 Å². The molecule has 0 atom stereocenters. The predicted molar refractivity (Wildman–Crippen MR) is 81.9 cm³/mol. The van der Waals surface area contributed by atoms with Crippen molar-refractivity contribution in [2.24, 2.45) is 9.98 Å². The van der Waals surface area contributed by atoms with E-state index in [0.29, 0.717) is 0 Å². The molecule has 3 aliphatic rings. The maximum Gasteiger partial charge on any atom is 0.236 e. The van der Waals surface area contributed by atoms with Crippen LogP contribution in [-0.2, 0) is 0 Å². The number of rotatable bonds is 1. The molecule has 92 valence electrons. The molecule has 0 bridgehead atoms. The van der Waals surface area contributed by atoms with Gasteiger partial charge < -0.3 is 0 Å². The molecule has 18 heavy (non-hydrogen) atoms. The molecular weight excluding hydrogens is 286 g/mol. The molecule has 3 aliphatic heterocycles. The highest BCUT2D eigenvalue weighted by atomic mass is 35.5. The first-order valence-electron chi connectivity index (χ1n) is 5.29. The fraction of sp³-hybridized carbons (Fsp3) is 0.167. The molecule has 3 heterocycles. The molecule has 0 saturated carbocycles. The van der Waals surface area contributed by atoms with Crippen LogP contribution in [0.2, 0.25) is 0 Å². The van der Waals surface area contributed by atoms with Crippen molar-refractivity contribution in [3.8, 4) is 0 Å². The number of hydrogen-bond acceptors (Lipinski definition) is 5. The minimum Gasteiger partial charge on any atom is -0.279 e. The van der Waals surface area contributed by atoms with E-state index >= 15 is 0 Å². The maximum absolute atomic E-state index is 6.16. The summed E-state index contributed by atoms with van der Waals surface area (Å²) in [6.07, 6.45) is 11.9. The van der Waals surface area contributed by atoms with Gasteiger partial charge in [-0.05, 0) is 36.8 Å². The Morgan fingerprint density at radius 3 is 2.50 bits per heavy atom. The second-order valence-corrected chi connectivity index (χ2v) is 5.85. The SMILES string of the molecule is CSC1=CC2=CC(Cl)=CC3=CC(SC)=NC(=N1)N23. The van der Waals surface area contributed by atoms with Crippen molar-refractivity contribution in [2.75, 3.05) is 12.5 Å². The van der Waals surface area contributed by atoms with Crippen LogP contribution in [0.4, 0.5) is 0 Å². The number of halogens is 1. The van der Waals surface area contributed by atoms with E-state index < -0.39 is 0 Å². The molecule has 0 aliphatic carbocycles. The van der Waals surface area contributed by atoms with Crippen LogP contribution in [0.15, 0.2) is 55.7 Å². The molecule has 0 spiro atoms. The van der Waals surface area contributed by atoms with Crippen molar-refractivity contribution in [3.63, 3.8) is 0 Å². The molecule has 0 aromatic rings. The normalized spacial score (nSPS) is 21.2. The molecule has 0 amide bonds. The van der Waals surface area contributed by atoms with Crippen molar-refractivity contribution in [2.45, 2.75) is 0 Å². The fourth-order valence-corrected chi connectivity index (χ4v) is 2.94. The lowest BCUT2D eigenvalue weighted by Crippen LogP contribution is -2.34.